The van der Waals surface area contributed by atoms with Gasteiger partial charge in [0.15, 0.2) is 0 Å². The average molecular weight is 578 g/mol. The summed E-state index contributed by atoms with van der Waals surface area (Å²) in [6.45, 7) is 12.0. The average Bonchev–Trinajstić information content (AvgIpc) is 2.90. The Hall–Kier alpha value is -0.290. The second-order valence-electron chi connectivity index (χ2n) is 11.0. The van der Waals surface area contributed by atoms with E-state index in [1.54, 1.807) is 0 Å². The summed E-state index contributed by atoms with van der Waals surface area (Å²) in [5.74, 6) is -0.217. The minimum absolute atomic E-state index is 0.217. The smallest absolute Gasteiger partial charge is 0.266 e. The lowest BCUT2D eigenvalue weighted by Gasteiger charge is -2.08. The Morgan fingerprint density at radius 3 is 1.08 bits per heavy atom. The normalized spacial score (nSPS) is 11.9. The van der Waals surface area contributed by atoms with Crippen LogP contribution in [-0.2, 0) is 10.1 Å². The summed E-state index contributed by atoms with van der Waals surface area (Å²) in [5, 5.41) is 17.1. The van der Waals surface area contributed by atoms with Gasteiger partial charge in [-0.3, -0.25) is 4.55 Å². The molecule has 0 aromatic rings. The summed E-state index contributed by atoms with van der Waals surface area (Å²) in [7, 11) is -3.84. The van der Waals surface area contributed by atoms with Gasteiger partial charge in [0.25, 0.3) is 10.1 Å². The van der Waals surface area contributed by atoms with E-state index >= 15 is 0 Å². The van der Waals surface area contributed by atoms with E-state index in [4.69, 9.17) is 4.55 Å². The Labute approximate surface area is 243 Å². The van der Waals surface area contributed by atoms with Crippen LogP contribution in [0.5, 0.6) is 0 Å². The van der Waals surface area contributed by atoms with Gasteiger partial charge in [-0.15, -0.1) is 0 Å². The number of rotatable bonds is 34. The third-order valence-electron chi connectivity index (χ3n) is 7.09. The molecule has 8 nitrogen and oxygen atoms in total. The van der Waals surface area contributed by atoms with Gasteiger partial charge >= 0.3 is 0 Å². The van der Waals surface area contributed by atoms with Crippen molar-refractivity contribution in [1.82, 2.24) is 26.6 Å². The molecule has 0 aliphatic rings. The Kier molecular flexibility index (Phi) is 32.0. The second-order valence-corrected chi connectivity index (χ2v) is 12.6. The van der Waals surface area contributed by atoms with Gasteiger partial charge in [-0.05, 0) is 84.3 Å². The van der Waals surface area contributed by atoms with E-state index in [1.165, 1.54) is 109 Å². The van der Waals surface area contributed by atoms with Crippen molar-refractivity contribution in [3.63, 3.8) is 0 Å². The quantitative estimate of drug-likeness (QED) is 0.0475. The number of hydrogen-bond acceptors (Lipinski definition) is 7. The van der Waals surface area contributed by atoms with Gasteiger partial charge in [0.2, 0.25) is 0 Å². The molecular weight excluding hydrogens is 510 g/mol. The van der Waals surface area contributed by atoms with Gasteiger partial charge in [-0.25, -0.2) is 0 Å². The van der Waals surface area contributed by atoms with Crippen molar-refractivity contribution in [2.45, 2.75) is 122 Å². The molecule has 0 saturated carbocycles. The Bertz CT molecular complexity index is 567. The van der Waals surface area contributed by atoms with Crippen LogP contribution in [0.2, 0.25) is 0 Å². The molecule has 0 rings (SSSR count). The van der Waals surface area contributed by atoms with Crippen molar-refractivity contribution < 1.29 is 13.0 Å². The molecule has 0 saturated heterocycles. The van der Waals surface area contributed by atoms with E-state index in [0.29, 0.717) is 6.54 Å². The molecule has 6 N–H and O–H groups in total. The maximum absolute atomic E-state index is 10.6. The van der Waals surface area contributed by atoms with Crippen molar-refractivity contribution >= 4 is 10.1 Å². The standard InChI is InChI=1S/C30H67N5O3S/c1-2-3-4-5-6-7-8-9-10-11-12-14-20-31-21-15-13-16-22-33-27-28-34-26-19-25-32-23-17-18-24-35-29-30-39(36,37)38/h31-35H,2-30H2,1H3,(H,36,37,38). The van der Waals surface area contributed by atoms with Gasteiger partial charge in [0.1, 0.15) is 0 Å². The van der Waals surface area contributed by atoms with Gasteiger partial charge in [0, 0.05) is 19.6 Å². The van der Waals surface area contributed by atoms with E-state index in [-0.39, 0.29) is 5.75 Å². The van der Waals surface area contributed by atoms with Crippen molar-refractivity contribution in [1.29, 1.82) is 0 Å². The SMILES string of the molecule is CCCCCCCCCCCCCCNCCCCCNCCNCCCNCCCCNCCS(=O)(=O)O. The largest absolute Gasteiger partial charge is 0.317 e. The fourth-order valence-corrected chi connectivity index (χ4v) is 5.01. The van der Waals surface area contributed by atoms with Crippen LogP contribution in [0.15, 0.2) is 0 Å². The molecule has 0 fully saturated rings. The Morgan fingerprint density at radius 2 is 0.667 bits per heavy atom. The minimum Gasteiger partial charge on any atom is -0.317 e. The topological polar surface area (TPSA) is 115 Å². The fourth-order valence-electron chi connectivity index (χ4n) is 4.61. The summed E-state index contributed by atoms with van der Waals surface area (Å²) in [4.78, 5) is 0. The molecule has 0 aliphatic carbocycles. The summed E-state index contributed by atoms with van der Waals surface area (Å²) < 4.78 is 29.8. The highest BCUT2D eigenvalue weighted by atomic mass is 32.2. The molecule has 0 atom stereocenters. The van der Waals surface area contributed by atoms with Crippen LogP contribution in [0.1, 0.15) is 122 Å². The summed E-state index contributed by atoms with van der Waals surface area (Å²) in [6.07, 6.45) is 24.1. The van der Waals surface area contributed by atoms with Crippen molar-refractivity contribution in [2.24, 2.45) is 0 Å². The first-order chi connectivity index (χ1) is 19.1. The van der Waals surface area contributed by atoms with Crippen LogP contribution in [0.3, 0.4) is 0 Å². The lowest BCUT2D eigenvalue weighted by molar-refractivity contribution is 0.480. The highest BCUT2D eigenvalue weighted by Gasteiger charge is 2.02. The van der Waals surface area contributed by atoms with E-state index in [2.05, 4.69) is 33.5 Å². The molecular formula is C30H67N5O3S. The molecule has 0 aromatic carbocycles. The summed E-state index contributed by atoms with van der Waals surface area (Å²) in [6, 6.07) is 0. The van der Waals surface area contributed by atoms with Crippen LogP contribution < -0.4 is 26.6 Å². The molecule has 0 radical (unpaired) electrons. The molecule has 0 aliphatic heterocycles. The zero-order valence-corrected chi connectivity index (χ0v) is 26.5. The van der Waals surface area contributed by atoms with Crippen LogP contribution >= 0.6 is 0 Å². The third-order valence-corrected chi connectivity index (χ3v) is 7.81. The minimum atomic E-state index is -3.84. The van der Waals surface area contributed by atoms with Crippen LogP contribution in [0, 0.1) is 0 Å². The monoisotopic (exact) mass is 577 g/mol. The molecule has 0 unspecified atom stereocenters. The maximum Gasteiger partial charge on any atom is 0.266 e. The summed E-state index contributed by atoms with van der Waals surface area (Å²) >= 11 is 0. The lowest BCUT2D eigenvalue weighted by atomic mass is 10.1. The predicted molar refractivity (Wildman–Crippen MR) is 170 cm³/mol. The molecule has 0 spiro atoms. The molecule has 39 heavy (non-hydrogen) atoms. The van der Waals surface area contributed by atoms with Crippen LogP contribution in [0.4, 0.5) is 0 Å². The van der Waals surface area contributed by atoms with Crippen molar-refractivity contribution in [3.05, 3.63) is 0 Å². The van der Waals surface area contributed by atoms with Crippen molar-refractivity contribution in [2.75, 3.05) is 71.2 Å². The first kappa shape index (κ1) is 38.7. The van der Waals surface area contributed by atoms with Gasteiger partial charge in [-0.2, -0.15) is 8.42 Å². The lowest BCUT2D eigenvalue weighted by Crippen LogP contribution is -2.30. The van der Waals surface area contributed by atoms with E-state index in [1.807, 2.05) is 0 Å². The number of nitrogens with one attached hydrogen (secondary N) is 5. The van der Waals surface area contributed by atoms with Crippen LogP contribution in [0.25, 0.3) is 0 Å². The molecule has 0 aromatic heterocycles. The molecule has 0 bridgehead atoms. The molecule has 0 heterocycles. The second kappa shape index (κ2) is 32.2. The third kappa shape index (κ3) is 37.7. The van der Waals surface area contributed by atoms with Crippen LogP contribution in [-0.4, -0.2) is 84.2 Å². The van der Waals surface area contributed by atoms with Crippen molar-refractivity contribution in [3.8, 4) is 0 Å². The highest BCUT2D eigenvalue weighted by Crippen LogP contribution is 2.11. The maximum atomic E-state index is 10.6. The Morgan fingerprint density at radius 1 is 0.385 bits per heavy atom. The van der Waals surface area contributed by atoms with Gasteiger partial charge in [0.05, 0.1) is 5.75 Å². The van der Waals surface area contributed by atoms with E-state index in [0.717, 1.165) is 65.1 Å². The first-order valence-corrected chi connectivity index (χ1v) is 18.2. The van der Waals surface area contributed by atoms with Gasteiger partial charge in [-0.1, -0.05) is 84.0 Å². The zero-order chi connectivity index (χ0) is 28.5. The Balaban J connectivity index is 3.05. The summed E-state index contributed by atoms with van der Waals surface area (Å²) in [5.41, 5.74) is 0. The molecule has 9 heteroatoms. The highest BCUT2D eigenvalue weighted by molar-refractivity contribution is 7.85. The number of hydrogen-bond donors (Lipinski definition) is 6. The van der Waals surface area contributed by atoms with Gasteiger partial charge < -0.3 is 26.6 Å². The fraction of sp³-hybridized carbons (Fsp3) is 1.00. The molecule has 236 valence electrons. The predicted octanol–water partition coefficient (Wildman–Crippen LogP) is 4.86. The zero-order valence-electron chi connectivity index (χ0n) is 25.7. The molecule has 0 amide bonds. The van der Waals surface area contributed by atoms with E-state index < -0.39 is 10.1 Å². The van der Waals surface area contributed by atoms with E-state index in [9.17, 15) is 8.42 Å². The number of unbranched alkanes of at least 4 members (excludes halogenated alkanes) is 14. The first-order valence-electron chi connectivity index (χ1n) is 16.5.